The second-order valence-electron chi connectivity index (χ2n) is 7.58. The molecule has 138 valence electrons. The van der Waals surface area contributed by atoms with Crippen LogP contribution in [0.2, 0.25) is 0 Å². The van der Waals surface area contributed by atoms with E-state index in [9.17, 15) is 9.90 Å². The molecule has 4 heteroatoms. The van der Waals surface area contributed by atoms with Crippen molar-refractivity contribution < 1.29 is 19.7 Å². The number of carboxylic acids is 1. The molecule has 4 nitrogen and oxygen atoms in total. The van der Waals surface area contributed by atoms with Crippen molar-refractivity contribution in [2.75, 3.05) is 13.2 Å². The first kappa shape index (κ1) is 19.5. The molecular formula is C20H34O4. The van der Waals surface area contributed by atoms with E-state index in [1.807, 2.05) is 6.08 Å². The van der Waals surface area contributed by atoms with Gasteiger partial charge < -0.3 is 14.9 Å². The molecule has 0 spiro atoms. The predicted molar refractivity (Wildman–Crippen MR) is 94.9 cm³/mol. The highest BCUT2D eigenvalue weighted by molar-refractivity contribution is 5.66. The van der Waals surface area contributed by atoms with E-state index in [1.165, 1.54) is 19.3 Å². The highest BCUT2D eigenvalue weighted by Crippen LogP contribution is 2.30. The molecule has 1 saturated carbocycles. The van der Waals surface area contributed by atoms with Crippen LogP contribution in [-0.2, 0) is 9.53 Å². The molecule has 2 N–H and O–H groups in total. The Hall–Kier alpha value is -0.870. The highest BCUT2D eigenvalue weighted by atomic mass is 16.5. The molecule has 0 aromatic heterocycles. The lowest BCUT2D eigenvalue weighted by molar-refractivity contribution is -0.137. The zero-order valence-corrected chi connectivity index (χ0v) is 14.9. The molecule has 0 aromatic carbocycles. The van der Waals surface area contributed by atoms with E-state index < -0.39 is 5.97 Å². The molecule has 24 heavy (non-hydrogen) atoms. The van der Waals surface area contributed by atoms with Crippen molar-refractivity contribution in [3.8, 4) is 0 Å². The van der Waals surface area contributed by atoms with Crippen LogP contribution in [0.4, 0.5) is 0 Å². The Morgan fingerprint density at radius 2 is 1.83 bits per heavy atom. The van der Waals surface area contributed by atoms with Crippen LogP contribution in [0.25, 0.3) is 0 Å². The molecule has 3 atom stereocenters. The minimum absolute atomic E-state index is 0.289. The summed E-state index contributed by atoms with van der Waals surface area (Å²) < 4.78 is 5.65. The number of rotatable bonds is 10. The zero-order chi connectivity index (χ0) is 17.2. The SMILES string of the molecule is O=C(O)CCCCCC[C@@H]1COC[C@@H]1/C=C/C(O)C1CCCCC1. The maximum Gasteiger partial charge on any atom is 0.303 e. The Labute approximate surface area is 146 Å². The van der Waals surface area contributed by atoms with Gasteiger partial charge in [0.2, 0.25) is 0 Å². The van der Waals surface area contributed by atoms with Crippen LogP contribution in [0.1, 0.15) is 70.6 Å². The third kappa shape index (κ3) is 6.94. The third-order valence-corrected chi connectivity index (χ3v) is 5.65. The number of aliphatic hydroxyl groups excluding tert-OH is 1. The van der Waals surface area contributed by atoms with Crippen molar-refractivity contribution >= 4 is 5.97 Å². The summed E-state index contributed by atoms with van der Waals surface area (Å²) in [6, 6.07) is 0. The van der Waals surface area contributed by atoms with Crippen LogP contribution in [-0.4, -0.2) is 35.5 Å². The van der Waals surface area contributed by atoms with E-state index in [0.717, 1.165) is 58.2 Å². The van der Waals surface area contributed by atoms with Crippen LogP contribution in [0, 0.1) is 17.8 Å². The summed E-state index contributed by atoms with van der Waals surface area (Å²) in [5.41, 5.74) is 0. The van der Waals surface area contributed by atoms with Crippen LogP contribution in [0.3, 0.4) is 0 Å². The zero-order valence-electron chi connectivity index (χ0n) is 14.9. The standard InChI is InChI=1S/C20H34O4/c21-19(16-8-5-3-6-9-16)13-12-18-15-24-14-17(18)10-4-1-2-7-11-20(22)23/h12-13,16-19,21H,1-11,14-15H2,(H,22,23)/b13-12+/t17-,18+,19?/m1/s1. The summed E-state index contributed by atoms with van der Waals surface area (Å²) in [7, 11) is 0. The monoisotopic (exact) mass is 338 g/mol. The van der Waals surface area contributed by atoms with Crippen molar-refractivity contribution in [1.82, 2.24) is 0 Å². The smallest absolute Gasteiger partial charge is 0.303 e. The molecule has 0 aromatic rings. The lowest BCUT2D eigenvalue weighted by Crippen LogP contribution is -2.21. The van der Waals surface area contributed by atoms with Gasteiger partial charge in [0.05, 0.1) is 19.3 Å². The lowest BCUT2D eigenvalue weighted by atomic mass is 9.84. The van der Waals surface area contributed by atoms with Gasteiger partial charge in [-0.1, -0.05) is 50.7 Å². The maximum absolute atomic E-state index is 10.5. The van der Waals surface area contributed by atoms with Gasteiger partial charge in [0.1, 0.15) is 0 Å². The van der Waals surface area contributed by atoms with E-state index >= 15 is 0 Å². The van der Waals surface area contributed by atoms with Gasteiger partial charge in [0, 0.05) is 12.3 Å². The number of carbonyl (C=O) groups is 1. The topological polar surface area (TPSA) is 66.8 Å². The maximum atomic E-state index is 10.5. The summed E-state index contributed by atoms with van der Waals surface area (Å²) in [6.45, 7) is 1.60. The highest BCUT2D eigenvalue weighted by Gasteiger charge is 2.26. The second kappa shape index (κ2) is 10.9. The second-order valence-corrected chi connectivity index (χ2v) is 7.58. The molecule has 0 bridgehead atoms. The summed E-state index contributed by atoms with van der Waals surface area (Å²) in [5, 5.41) is 19.0. The van der Waals surface area contributed by atoms with Crippen molar-refractivity contribution in [1.29, 1.82) is 0 Å². The Morgan fingerprint density at radius 1 is 1.08 bits per heavy atom. The summed E-state index contributed by atoms with van der Waals surface area (Å²) in [4.78, 5) is 10.5. The largest absolute Gasteiger partial charge is 0.481 e. The van der Waals surface area contributed by atoms with Crippen molar-refractivity contribution in [2.45, 2.75) is 76.7 Å². The molecule has 0 amide bonds. The van der Waals surface area contributed by atoms with E-state index in [-0.39, 0.29) is 12.5 Å². The number of carboxylic acid groups (broad SMARTS) is 1. The molecule has 2 rings (SSSR count). The first-order valence-corrected chi connectivity index (χ1v) is 9.82. The van der Waals surface area contributed by atoms with Gasteiger partial charge >= 0.3 is 5.97 Å². The van der Waals surface area contributed by atoms with Crippen molar-refractivity contribution in [2.24, 2.45) is 17.8 Å². The average Bonchev–Trinajstić information content (AvgIpc) is 3.03. The Kier molecular flexibility index (Phi) is 8.82. The van der Waals surface area contributed by atoms with Crippen molar-refractivity contribution in [3.63, 3.8) is 0 Å². The minimum Gasteiger partial charge on any atom is -0.481 e. The van der Waals surface area contributed by atoms with E-state index in [4.69, 9.17) is 9.84 Å². The van der Waals surface area contributed by atoms with Crippen LogP contribution in [0.5, 0.6) is 0 Å². The van der Waals surface area contributed by atoms with Crippen LogP contribution < -0.4 is 0 Å². The first-order chi connectivity index (χ1) is 11.7. The molecule has 1 aliphatic heterocycles. The number of unbranched alkanes of at least 4 members (excludes halogenated alkanes) is 3. The number of aliphatic hydroxyl groups is 1. The normalized spacial score (nSPS) is 26.9. The fourth-order valence-electron chi connectivity index (χ4n) is 4.05. The van der Waals surface area contributed by atoms with Gasteiger partial charge in [-0.25, -0.2) is 0 Å². The fraction of sp³-hybridized carbons (Fsp3) is 0.850. The molecular weight excluding hydrogens is 304 g/mol. The fourth-order valence-corrected chi connectivity index (χ4v) is 4.05. The van der Waals surface area contributed by atoms with Gasteiger partial charge in [-0.05, 0) is 37.5 Å². The Balaban J connectivity index is 1.64. The third-order valence-electron chi connectivity index (χ3n) is 5.65. The number of ether oxygens (including phenoxy) is 1. The van der Waals surface area contributed by atoms with Gasteiger partial charge in [-0.3, -0.25) is 4.79 Å². The molecule has 1 heterocycles. The quantitative estimate of drug-likeness (QED) is 0.463. The van der Waals surface area contributed by atoms with Gasteiger partial charge in [-0.2, -0.15) is 0 Å². The summed E-state index contributed by atoms with van der Waals surface area (Å²) >= 11 is 0. The van der Waals surface area contributed by atoms with Gasteiger partial charge in [0.25, 0.3) is 0 Å². The van der Waals surface area contributed by atoms with Crippen LogP contribution in [0.15, 0.2) is 12.2 Å². The Morgan fingerprint density at radius 3 is 2.58 bits per heavy atom. The molecule has 0 radical (unpaired) electrons. The van der Waals surface area contributed by atoms with E-state index in [2.05, 4.69) is 6.08 Å². The predicted octanol–water partition coefficient (Wildman–Crippen LogP) is 4.17. The molecule has 1 aliphatic carbocycles. The molecule has 2 aliphatic rings. The lowest BCUT2D eigenvalue weighted by Gasteiger charge is -2.25. The number of hydrogen-bond donors (Lipinski definition) is 2. The Bertz CT molecular complexity index is 387. The number of hydrogen-bond acceptors (Lipinski definition) is 3. The molecule has 1 saturated heterocycles. The van der Waals surface area contributed by atoms with Crippen molar-refractivity contribution in [3.05, 3.63) is 12.2 Å². The minimum atomic E-state index is -0.694. The van der Waals surface area contributed by atoms with Crippen LogP contribution >= 0.6 is 0 Å². The molecule has 1 unspecified atom stereocenters. The van der Waals surface area contributed by atoms with Gasteiger partial charge in [-0.15, -0.1) is 0 Å². The van der Waals surface area contributed by atoms with E-state index in [0.29, 0.717) is 17.8 Å². The summed E-state index contributed by atoms with van der Waals surface area (Å²) in [5.74, 6) is 0.743. The molecule has 2 fully saturated rings. The van der Waals surface area contributed by atoms with E-state index in [1.54, 1.807) is 0 Å². The first-order valence-electron chi connectivity index (χ1n) is 9.82. The number of aliphatic carboxylic acids is 1. The average molecular weight is 338 g/mol. The van der Waals surface area contributed by atoms with Gasteiger partial charge in [0.15, 0.2) is 0 Å². The summed E-state index contributed by atoms with van der Waals surface area (Å²) in [6.07, 6.45) is 15.5.